The second kappa shape index (κ2) is 7.51. The fraction of sp³-hybridized carbons (Fsp3) is 0.684. The van der Waals surface area contributed by atoms with Gasteiger partial charge >= 0.3 is 0 Å². The van der Waals surface area contributed by atoms with Gasteiger partial charge in [-0.25, -0.2) is 0 Å². The summed E-state index contributed by atoms with van der Waals surface area (Å²) in [5.41, 5.74) is 1.08. The van der Waals surface area contributed by atoms with Crippen molar-refractivity contribution in [3.05, 3.63) is 22.7 Å². The van der Waals surface area contributed by atoms with Crippen LogP contribution in [0.5, 0.6) is 11.5 Å². The number of hydrogen-bond acceptors (Lipinski definition) is 4. The van der Waals surface area contributed by atoms with Crippen LogP contribution < -0.4 is 9.47 Å². The normalized spacial score (nSPS) is 26.8. The second-order valence-electron chi connectivity index (χ2n) is 7.33. The van der Waals surface area contributed by atoms with E-state index in [1.807, 2.05) is 32.9 Å². The number of likely N-dealkylation sites (tertiary alicyclic amines) is 1. The predicted molar refractivity (Wildman–Crippen MR) is 95.9 cm³/mol. The highest BCUT2D eigenvalue weighted by molar-refractivity contribution is 6.31. The third-order valence-corrected chi connectivity index (χ3v) is 5.32. The van der Waals surface area contributed by atoms with E-state index < -0.39 is 0 Å². The van der Waals surface area contributed by atoms with Crippen LogP contribution in [0.25, 0.3) is 0 Å². The van der Waals surface area contributed by atoms with E-state index in [9.17, 15) is 5.11 Å². The zero-order chi connectivity index (χ0) is 17.3. The minimum absolute atomic E-state index is 0.0792. The van der Waals surface area contributed by atoms with Crippen LogP contribution in [0, 0.1) is 11.8 Å². The van der Waals surface area contributed by atoms with Crippen LogP contribution in [0.15, 0.2) is 12.1 Å². The Hall–Kier alpha value is -0.970. The van der Waals surface area contributed by atoms with E-state index >= 15 is 0 Å². The first kappa shape index (κ1) is 17.8. The Kier molecular flexibility index (Phi) is 5.58. The average molecular weight is 354 g/mol. The quantitative estimate of drug-likeness (QED) is 0.846. The summed E-state index contributed by atoms with van der Waals surface area (Å²) in [5, 5.41) is 10.5. The van der Waals surface area contributed by atoms with Crippen molar-refractivity contribution in [1.29, 1.82) is 0 Å². The molecule has 0 amide bonds. The minimum atomic E-state index is -0.0947. The first-order valence-electron chi connectivity index (χ1n) is 8.98. The van der Waals surface area contributed by atoms with Crippen molar-refractivity contribution in [3.63, 3.8) is 0 Å². The largest absolute Gasteiger partial charge is 0.490 e. The molecule has 0 bridgehead atoms. The van der Waals surface area contributed by atoms with Gasteiger partial charge in [-0.3, -0.25) is 4.90 Å². The molecule has 134 valence electrons. The monoisotopic (exact) mass is 353 g/mol. The molecule has 3 atom stereocenters. The highest BCUT2D eigenvalue weighted by Crippen LogP contribution is 2.40. The molecule has 0 aromatic heterocycles. The van der Waals surface area contributed by atoms with Crippen LogP contribution in [0.4, 0.5) is 0 Å². The number of fused-ring (bicyclic) bond motifs is 1. The minimum Gasteiger partial charge on any atom is -0.490 e. The number of nitrogens with zero attached hydrogens (tertiary/aromatic N) is 1. The van der Waals surface area contributed by atoms with Gasteiger partial charge in [0.1, 0.15) is 0 Å². The van der Waals surface area contributed by atoms with Crippen molar-refractivity contribution in [2.45, 2.75) is 52.4 Å². The summed E-state index contributed by atoms with van der Waals surface area (Å²) in [6.45, 7) is 9.48. The Morgan fingerprint density at radius 1 is 1.21 bits per heavy atom. The molecule has 2 fully saturated rings. The predicted octanol–water partition coefficient (Wildman–Crippen LogP) is 3.73. The zero-order valence-electron chi connectivity index (χ0n) is 14.8. The van der Waals surface area contributed by atoms with Gasteiger partial charge in [0, 0.05) is 30.7 Å². The molecule has 1 aromatic carbocycles. The summed E-state index contributed by atoms with van der Waals surface area (Å²) in [6, 6.07) is 3.90. The highest BCUT2D eigenvalue weighted by Gasteiger charge is 2.40. The summed E-state index contributed by atoms with van der Waals surface area (Å²) in [5.74, 6) is 2.74. The standard InChI is InChI=1S/C19H28ClNO3/c1-4-23-18-7-15(17(20)8-19(18)24-12(2)3)11-21-9-13-5-16(22)6-14(13)10-21/h7-8,12-14,16,22H,4-6,9-11H2,1-3H3/t13-,14+,16?. The smallest absolute Gasteiger partial charge is 0.163 e. The molecule has 1 saturated carbocycles. The Morgan fingerprint density at radius 2 is 1.88 bits per heavy atom. The molecule has 24 heavy (non-hydrogen) atoms. The van der Waals surface area contributed by atoms with Crippen molar-refractivity contribution >= 4 is 11.6 Å². The Bertz CT molecular complexity index is 564. The van der Waals surface area contributed by atoms with Gasteiger partial charge in [0.15, 0.2) is 11.5 Å². The zero-order valence-corrected chi connectivity index (χ0v) is 15.6. The van der Waals surface area contributed by atoms with Gasteiger partial charge < -0.3 is 14.6 Å². The maximum absolute atomic E-state index is 9.78. The van der Waals surface area contributed by atoms with E-state index in [-0.39, 0.29) is 12.2 Å². The molecule has 1 unspecified atom stereocenters. The van der Waals surface area contributed by atoms with E-state index in [1.54, 1.807) is 0 Å². The number of ether oxygens (including phenoxy) is 2. The third kappa shape index (κ3) is 3.98. The van der Waals surface area contributed by atoms with Crippen LogP contribution in [-0.4, -0.2) is 41.9 Å². The molecule has 2 aliphatic rings. The second-order valence-corrected chi connectivity index (χ2v) is 7.74. The van der Waals surface area contributed by atoms with Gasteiger partial charge in [0.2, 0.25) is 0 Å². The lowest BCUT2D eigenvalue weighted by Gasteiger charge is -2.21. The van der Waals surface area contributed by atoms with Crippen molar-refractivity contribution in [2.24, 2.45) is 11.8 Å². The van der Waals surface area contributed by atoms with E-state index in [0.717, 1.165) is 48.8 Å². The van der Waals surface area contributed by atoms with E-state index in [1.165, 1.54) is 0 Å². The summed E-state index contributed by atoms with van der Waals surface area (Å²) < 4.78 is 11.6. The third-order valence-electron chi connectivity index (χ3n) is 4.97. The molecule has 1 aromatic rings. The maximum atomic E-state index is 9.78. The van der Waals surface area contributed by atoms with Gasteiger partial charge in [-0.1, -0.05) is 11.6 Å². The molecule has 1 N–H and O–H groups in total. The molecule has 5 heteroatoms. The molecule has 4 nitrogen and oxygen atoms in total. The molecule has 0 radical (unpaired) electrons. The van der Waals surface area contributed by atoms with Crippen LogP contribution in [0.1, 0.15) is 39.2 Å². The van der Waals surface area contributed by atoms with Crippen LogP contribution >= 0.6 is 11.6 Å². The summed E-state index contributed by atoms with van der Waals surface area (Å²) in [4.78, 5) is 2.45. The molecule has 1 aliphatic heterocycles. The molecule has 1 saturated heterocycles. The lowest BCUT2D eigenvalue weighted by molar-refractivity contribution is 0.161. The number of rotatable bonds is 6. The average Bonchev–Trinajstić information content (AvgIpc) is 3.00. The molecule has 1 aliphatic carbocycles. The number of aliphatic hydroxyl groups excluding tert-OH is 1. The molecular weight excluding hydrogens is 326 g/mol. The van der Waals surface area contributed by atoms with E-state index in [0.29, 0.717) is 24.2 Å². The Labute approximate surface area is 149 Å². The Morgan fingerprint density at radius 3 is 2.46 bits per heavy atom. The van der Waals surface area contributed by atoms with Crippen LogP contribution in [0.3, 0.4) is 0 Å². The lowest BCUT2D eigenvalue weighted by Crippen LogP contribution is -2.23. The maximum Gasteiger partial charge on any atom is 0.163 e. The fourth-order valence-electron chi connectivity index (χ4n) is 4.05. The SMILES string of the molecule is CCOc1cc(CN2C[C@H]3CC(O)C[C@H]3C2)c(Cl)cc1OC(C)C. The van der Waals surface area contributed by atoms with Gasteiger partial charge in [0.05, 0.1) is 18.8 Å². The first-order valence-corrected chi connectivity index (χ1v) is 9.36. The van der Waals surface area contributed by atoms with Crippen LogP contribution in [0.2, 0.25) is 5.02 Å². The lowest BCUT2D eigenvalue weighted by atomic mass is 10.0. The van der Waals surface area contributed by atoms with Crippen molar-refractivity contribution in [3.8, 4) is 11.5 Å². The summed E-state index contributed by atoms with van der Waals surface area (Å²) in [7, 11) is 0. The molecule has 1 heterocycles. The number of benzene rings is 1. The van der Waals surface area contributed by atoms with E-state index in [2.05, 4.69) is 4.90 Å². The fourth-order valence-corrected chi connectivity index (χ4v) is 4.26. The van der Waals surface area contributed by atoms with Crippen molar-refractivity contribution in [2.75, 3.05) is 19.7 Å². The van der Waals surface area contributed by atoms with Gasteiger partial charge in [-0.15, -0.1) is 0 Å². The molecule has 3 rings (SSSR count). The number of hydrogen-bond donors (Lipinski definition) is 1. The van der Waals surface area contributed by atoms with Gasteiger partial charge in [0.25, 0.3) is 0 Å². The number of aliphatic hydroxyl groups is 1. The van der Waals surface area contributed by atoms with Crippen molar-refractivity contribution in [1.82, 2.24) is 4.90 Å². The van der Waals surface area contributed by atoms with Gasteiger partial charge in [-0.2, -0.15) is 0 Å². The van der Waals surface area contributed by atoms with Gasteiger partial charge in [-0.05, 0) is 57.1 Å². The highest BCUT2D eigenvalue weighted by atomic mass is 35.5. The summed E-state index contributed by atoms with van der Waals surface area (Å²) >= 11 is 6.50. The molecule has 0 spiro atoms. The first-order chi connectivity index (χ1) is 11.5. The summed E-state index contributed by atoms with van der Waals surface area (Å²) in [6.07, 6.45) is 1.87. The Balaban J connectivity index is 1.72. The van der Waals surface area contributed by atoms with Crippen molar-refractivity contribution < 1.29 is 14.6 Å². The molecular formula is C19H28ClNO3. The topological polar surface area (TPSA) is 41.9 Å². The van der Waals surface area contributed by atoms with Crippen LogP contribution in [-0.2, 0) is 6.54 Å². The van der Waals surface area contributed by atoms with E-state index in [4.69, 9.17) is 21.1 Å². The number of halogens is 1.